The van der Waals surface area contributed by atoms with Gasteiger partial charge in [-0.05, 0) is 31.0 Å². The lowest BCUT2D eigenvalue weighted by Gasteiger charge is -2.24. The molecule has 0 aliphatic carbocycles. The topological polar surface area (TPSA) is 46.6 Å². The Balaban J connectivity index is 2.44. The Labute approximate surface area is 116 Å². The van der Waals surface area contributed by atoms with Crippen molar-refractivity contribution in [2.75, 3.05) is 19.9 Å². The molecule has 0 radical (unpaired) electrons. The second-order valence-corrected chi connectivity index (χ2v) is 7.27. The van der Waals surface area contributed by atoms with Crippen LogP contribution in [0.2, 0.25) is 0 Å². The number of benzene rings is 1. The molecule has 1 heterocycles. The van der Waals surface area contributed by atoms with Crippen molar-refractivity contribution in [1.82, 2.24) is 4.31 Å². The van der Waals surface area contributed by atoms with Gasteiger partial charge in [0.1, 0.15) is 5.75 Å². The molecule has 0 saturated carbocycles. The first-order chi connectivity index (χ1) is 8.43. The highest BCUT2D eigenvalue weighted by molar-refractivity contribution is 9.10. The lowest BCUT2D eigenvalue weighted by atomic mass is 10.0. The summed E-state index contributed by atoms with van der Waals surface area (Å²) in [5, 5.41) is 0. The number of hydrogen-bond acceptors (Lipinski definition) is 3. The molecule has 100 valence electrons. The van der Waals surface area contributed by atoms with Gasteiger partial charge in [-0.3, -0.25) is 0 Å². The Bertz CT molecular complexity index is 544. The van der Waals surface area contributed by atoms with Gasteiger partial charge in [0.2, 0.25) is 10.0 Å². The third-order valence-corrected chi connectivity index (χ3v) is 4.96. The first kappa shape index (κ1) is 13.8. The summed E-state index contributed by atoms with van der Waals surface area (Å²) in [5.41, 5.74) is 0.926. The Hall–Kier alpha value is -0.590. The van der Waals surface area contributed by atoms with Gasteiger partial charge < -0.3 is 4.74 Å². The fourth-order valence-electron chi connectivity index (χ4n) is 2.41. The van der Waals surface area contributed by atoms with E-state index in [1.165, 1.54) is 6.26 Å². The predicted molar refractivity (Wildman–Crippen MR) is 74.2 cm³/mol. The summed E-state index contributed by atoms with van der Waals surface area (Å²) in [6.45, 7) is 0.583. The maximum atomic E-state index is 11.8. The molecule has 0 amide bonds. The third kappa shape index (κ3) is 2.70. The highest BCUT2D eigenvalue weighted by atomic mass is 79.9. The van der Waals surface area contributed by atoms with Crippen LogP contribution in [0, 0.1) is 0 Å². The summed E-state index contributed by atoms with van der Waals surface area (Å²) in [5.74, 6) is 0.735. The van der Waals surface area contributed by atoms with Gasteiger partial charge in [-0.1, -0.05) is 15.9 Å². The third-order valence-electron chi connectivity index (χ3n) is 3.18. The van der Waals surface area contributed by atoms with Crippen molar-refractivity contribution < 1.29 is 13.2 Å². The summed E-state index contributed by atoms with van der Waals surface area (Å²) in [4.78, 5) is 0. The minimum absolute atomic E-state index is 0.118. The maximum absolute atomic E-state index is 11.8. The first-order valence-corrected chi connectivity index (χ1v) is 8.38. The van der Waals surface area contributed by atoms with Crippen molar-refractivity contribution in [3.63, 3.8) is 0 Å². The van der Waals surface area contributed by atoms with Gasteiger partial charge in [0.25, 0.3) is 0 Å². The molecule has 18 heavy (non-hydrogen) atoms. The second kappa shape index (κ2) is 5.19. The highest BCUT2D eigenvalue weighted by Crippen LogP contribution is 2.39. The number of halogens is 1. The zero-order valence-corrected chi connectivity index (χ0v) is 12.8. The summed E-state index contributed by atoms with van der Waals surface area (Å²) in [7, 11) is -1.57. The molecule has 1 aliphatic rings. The number of ether oxygens (including phenoxy) is 1. The van der Waals surface area contributed by atoms with Crippen molar-refractivity contribution in [2.24, 2.45) is 0 Å². The van der Waals surface area contributed by atoms with Crippen molar-refractivity contribution in [1.29, 1.82) is 0 Å². The quantitative estimate of drug-likeness (QED) is 0.853. The molecule has 1 aromatic carbocycles. The highest BCUT2D eigenvalue weighted by Gasteiger charge is 2.34. The summed E-state index contributed by atoms with van der Waals surface area (Å²) < 4.78 is 31.4. The normalized spacial score (nSPS) is 21.2. The van der Waals surface area contributed by atoms with Crippen molar-refractivity contribution >= 4 is 26.0 Å². The monoisotopic (exact) mass is 333 g/mol. The van der Waals surface area contributed by atoms with Crippen LogP contribution in [0.25, 0.3) is 0 Å². The second-order valence-electron chi connectivity index (χ2n) is 4.42. The lowest BCUT2D eigenvalue weighted by molar-refractivity contribution is 0.368. The van der Waals surface area contributed by atoms with Crippen molar-refractivity contribution in [3.05, 3.63) is 28.2 Å². The van der Waals surface area contributed by atoms with E-state index < -0.39 is 10.0 Å². The fraction of sp³-hybridized carbons (Fsp3) is 0.500. The molecule has 1 fully saturated rings. The molecule has 1 atom stereocenters. The first-order valence-electron chi connectivity index (χ1n) is 5.73. The van der Waals surface area contributed by atoms with Crippen molar-refractivity contribution in [3.8, 4) is 5.75 Å². The molecule has 1 aliphatic heterocycles. The summed E-state index contributed by atoms with van der Waals surface area (Å²) in [6.07, 6.45) is 2.98. The van der Waals surface area contributed by atoms with Crippen LogP contribution in [0.1, 0.15) is 24.4 Å². The van der Waals surface area contributed by atoms with Crippen LogP contribution < -0.4 is 4.74 Å². The Morgan fingerprint density at radius 3 is 2.78 bits per heavy atom. The molecule has 0 N–H and O–H groups in total. The van der Waals surface area contributed by atoms with Crippen LogP contribution in [0.5, 0.6) is 5.75 Å². The minimum Gasteiger partial charge on any atom is -0.496 e. The van der Waals surface area contributed by atoms with Crippen LogP contribution in [0.15, 0.2) is 22.7 Å². The smallest absolute Gasteiger partial charge is 0.211 e. The van der Waals surface area contributed by atoms with E-state index in [1.54, 1.807) is 11.4 Å². The Kier molecular flexibility index (Phi) is 3.99. The molecule has 0 bridgehead atoms. The Morgan fingerprint density at radius 1 is 1.44 bits per heavy atom. The summed E-state index contributed by atoms with van der Waals surface area (Å²) >= 11 is 3.42. The molecule has 2 rings (SSSR count). The lowest BCUT2D eigenvalue weighted by Crippen LogP contribution is -2.29. The van der Waals surface area contributed by atoms with E-state index in [0.29, 0.717) is 6.54 Å². The van der Waals surface area contributed by atoms with Crippen LogP contribution >= 0.6 is 15.9 Å². The molecule has 1 saturated heterocycles. The summed E-state index contributed by atoms with van der Waals surface area (Å²) in [6, 6.07) is 5.57. The fourth-order valence-corrected chi connectivity index (χ4v) is 3.93. The van der Waals surface area contributed by atoms with Gasteiger partial charge in [0, 0.05) is 16.6 Å². The standard InChI is InChI=1S/C12H16BrNO3S/c1-17-12-6-5-9(13)8-10(12)11-4-3-7-14(11)18(2,15)16/h5-6,8,11H,3-4,7H2,1-2H3/t11-/m1/s1. The predicted octanol–water partition coefficient (Wildman–Crippen LogP) is 2.55. The van der Waals surface area contributed by atoms with E-state index in [0.717, 1.165) is 28.6 Å². The zero-order valence-electron chi connectivity index (χ0n) is 10.4. The van der Waals surface area contributed by atoms with Crippen LogP contribution in [-0.4, -0.2) is 32.6 Å². The average molecular weight is 334 g/mol. The van der Waals surface area contributed by atoms with E-state index in [-0.39, 0.29) is 6.04 Å². The SMILES string of the molecule is COc1ccc(Br)cc1[C@H]1CCCN1S(C)(=O)=O. The molecule has 4 nitrogen and oxygen atoms in total. The van der Waals surface area contributed by atoms with E-state index in [4.69, 9.17) is 4.74 Å². The minimum atomic E-state index is -3.18. The van der Waals surface area contributed by atoms with E-state index >= 15 is 0 Å². The number of hydrogen-bond donors (Lipinski definition) is 0. The zero-order chi connectivity index (χ0) is 13.3. The van der Waals surface area contributed by atoms with Crippen LogP contribution in [0.4, 0.5) is 0 Å². The molecule has 1 aromatic rings. The van der Waals surface area contributed by atoms with Crippen molar-refractivity contribution in [2.45, 2.75) is 18.9 Å². The van der Waals surface area contributed by atoms with Gasteiger partial charge in [0.15, 0.2) is 0 Å². The number of rotatable bonds is 3. The van der Waals surface area contributed by atoms with E-state index in [9.17, 15) is 8.42 Å². The van der Waals surface area contributed by atoms with Gasteiger partial charge >= 0.3 is 0 Å². The molecular weight excluding hydrogens is 318 g/mol. The number of methoxy groups -OCH3 is 1. The average Bonchev–Trinajstić information content (AvgIpc) is 2.77. The number of nitrogens with zero attached hydrogens (tertiary/aromatic N) is 1. The van der Waals surface area contributed by atoms with Gasteiger partial charge in [-0.2, -0.15) is 4.31 Å². The van der Waals surface area contributed by atoms with Gasteiger partial charge in [-0.15, -0.1) is 0 Å². The largest absolute Gasteiger partial charge is 0.496 e. The van der Waals surface area contributed by atoms with Gasteiger partial charge in [0.05, 0.1) is 19.4 Å². The number of sulfonamides is 1. The van der Waals surface area contributed by atoms with Crippen LogP contribution in [-0.2, 0) is 10.0 Å². The van der Waals surface area contributed by atoms with E-state index in [1.807, 2.05) is 18.2 Å². The van der Waals surface area contributed by atoms with Crippen LogP contribution in [0.3, 0.4) is 0 Å². The molecule has 6 heteroatoms. The molecule has 0 spiro atoms. The van der Waals surface area contributed by atoms with Gasteiger partial charge in [-0.25, -0.2) is 8.42 Å². The molecule has 0 unspecified atom stereocenters. The van der Waals surface area contributed by atoms with E-state index in [2.05, 4.69) is 15.9 Å². The molecular formula is C12H16BrNO3S. The Morgan fingerprint density at radius 2 is 2.17 bits per heavy atom. The molecule has 0 aromatic heterocycles. The maximum Gasteiger partial charge on any atom is 0.211 e.